The van der Waals surface area contributed by atoms with E-state index in [4.69, 9.17) is 28.6 Å². The van der Waals surface area contributed by atoms with Gasteiger partial charge in [0.05, 0.1) is 16.8 Å². The maximum absolute atomic E-state index is 6.11. The van der Waals surface area contributed by atoms with E-state index >= 15 is 0 Å². The fourth-order valence-corrected chi connectivity index (χ4v) is 2.64. The minimum Gasteiger partial charge on any atom is -0.376 e. The van der Waals surface area contributed by atoms with Gasteiger partial charge in [0, 0.05) is 17.6 Å². The van der Waals surface area contributed by atoms with Gasteiger partial charge in [-0.1, -0.05) is 11.6 Å². The molecule has 1 aliphatic heterocycles. The Hall–Kier alpha value is -0.430. The average molecular weight is 365 g/mol. The van der Waals surface area contributed by atoms with Crippen LogP contribution >= 0.6 is 39.7 Å². The minimum atomic E-state index is 0.245. The molecule has 0 radical (unpaired) electrons. The van der Waals surface area contributed by atoms with Gasteiger partial charge >= 0.3 is 0 Å². The minimum absolute atomic E-state index is 0.245. The van der Waals surface area contributed by atoms with Crippen molar-refractivity contribution in [3.05, 3.63) is 21.3 Å². The van der Waals surface area contributed by atoms with Crippen LogP contribution < -0.4 is 10.6 Å². The standard InChI is InChI=1S/C12H15BrClN3OS/c1-7-9(13)5-10(14)11(16-7)17-12(19)15-6-8-3-2-4-18-8/h5,8H,2-4,6H2,1H3,(H2,15,16,17,19)/t8-/m0/s1. The van der Waals surface area contributed by atoms with Crippen molar-refractivity contribution in [2.45, 2.75) is 25.9 Å². The number of ether oxygens (including phenoxy) is 1. The first-order valence-corrected chi connectivity index (χ1v) is 7.63. The highest BCUT2D eigenvalue weighted by atomic mass is 79.9. The van der Waals surface area contributed by atoms with E-state index < -0.39 is 0 Å². The highest BCUT2D eigenvalue weighted by molar-refractivity contribution is 9.10. The van der Waals surface area contributed by atoms with Crippen LogP contribution in [0.5, 0.6) is 0 Å². The molecule has 0 amide bonds. The second-order valence-electron chi connectivity index (χ2n) is 4.36. The zero-order chi connectivity index (χ0) is 13.8. The summed E-state index contributed by atoms with van der Waals surface area (Å²) in [5.74, 6) is 0.562. The van der Waals surface area contributed by atoms with Gasteiger partial charge < -0.3 is 15.4 Å². The summed E-state index contributed by atoms with van der Waals surface area (Å²) in [7, 11) is 0. The average Bonchev–Trinajstić information content (AvgIpc) is 2.86. The lowest BCUT2D eigenvalue weighted by Gasteiger charge is -2.14. The molecule has 1 aliphatic rings. The van der Waals surface area contributed by atoms with E-state index in [-0.39, 0.29) is 6.10 Å². The van der Waals surface area contributed by atoms with Crippen LogP contribution in [0, 0.1) is 6.92 Å². The number of nitrogens with one attached hydrogen (secondary N) is 2. The smallest absolute Gasteiger partial charge is 0.172 e. The number of thiocarbonyl (C=S) groups is 1. The molecular weight excluding hydrogens is 350 g/mol. The molecule has 0 bridgehead atoms. The molecule has 104 valence electrons. The van der Waals surface area contributed by atoms with Crippen molar-refractivity contribution in [2.24, 2.45) is 0 Å². The van der Waals surface area contributed by atoms with Crippen LogP contribution in [-0.2, 0) is 4.74 Å². The van der Waals surface area contributed by atoms with Crippen molar-refractivity contribution in [2.75, 3.05) is 18.5 Å². The third-order valence-electron chi connectivity index (χ3n) is 2.85. The van der Waals surface area contributed by atoms with Gasteiger partial charge in [0.1, 0.15) is 0 Å². The fraction of sp³-hybridized carbons (Fsp3) is 0.500. The number of hydrogen-bond donors (Lipinski definition) is 2. The Balaban J connectivity index is 1.89. The van der Waals surface area contributed by atoms with E-state index in [1.54, 1.807) is 6.07 Å². The quantitative estimate of drug-likeness (QED) is 0.806. The monoisotopic (exact) mass is 363 g/mol. The van der Waals surface area contributed by atoms with E-state index in [1.807, 2.05) is 6.92 Å². The molecule has 1 atom stereocenters. The third kappa shape index (κ3) is 4.27. The predicted molar refractivity (Wildman–Crippen MR) is 84.9 cm³/mol. The van der Waals surface area contributed by atoms with Gasteiger partial charge in [0.15, 0.2) is 10.9 Å². The molecule has 1 fully saturated rings. The molecule has 2 heterocycles. The van der Waals surface area contributed by atoms with Crippen LogP contribution in [-0.4, -0.2) is 29.4 Å². The lowest BCUT2D eigenvalue weighted by molar-refractivity contribution is 0.114. The number of hydrogen-bond acceptors (Lipinski definition) is 3. The number of nitrogens with zero attached hydrogens (tertiary/aromatic N) is 1. The highest BCUT2D eigenvalue weighted by Crippen LogP contribution is 2.25. The van der Waals surface area contributed by atoms with Gasteiger partial charge in [-0.05, 0) is 54.0 Å². The van der Waals surface area contributed by atoms with Gasteiger partial charge in [-0.15, -0.1) is 0 Å². The summed E-state index contributed by atoms with van der Waals surface area (Å²) in [6, 6.07) is 1.80. The van der Waals surface area contributed by atoms with Crippen molar-refractivity contribution in [3.63, 3.8) is 0 Å². The Morgan fingerprint density at radius 1 is 1.68 bits per heavy atom. The lowest BCUT2D eigenvalue weighted by Crippen LogP contribution is -2.35. The number of aryl methyl sites for hydroxylation is 1. The Bertz CT molecular complexity index is 480. The van der Waals surface area contributed by atoms with Gasteiger partial charge in [-0.25, -0.2) is 4.98 Å². The number of anilines is 1. The van der Waals surface area contributed by atoms with E-state index in [1.165, 1.54) is 0 Å². The molecule has 4 nitrogen and oxygen atoms in total. The molecule has 7 heteroatoms. The predicted octanol–water partition coefficient (Wildman–Crippen LogP) is 3.27. The molecule has 2 rings (SSSR count). The number of aromatic nitrogens is 1. The summed E-state index contributed by atoms with van der Waals surface area (Å²) in [6.45, 7) is 3.44. The Morgan fingerprint density at radius 3 is 3.16 bits per heavy atom. The Kier molecular flexibility index (Phi) is 5.38. The molecule has 2 N–H and O–H groups in total. The molecule has 1 aromatic rings. The zero-order valence-corrected chi connectivity index (χ0v) is 13.7. The molecule has 19 heavy (non-hydrogen) atoms. The molecule has 0 aromatic carbocycles. The molecule has 0 saturated carbocycles. The molecule has 1 aromatic heterocycles. The van der Waals surface area contributed by atoms with Crippen LogP contribution in [0.1, 0.15) is 18.5 Å². The van der Waals surface area contributed by atoms with Gasteiger partial charge in [-0.2, -0.15) is 0 Å². The first-order valence-electron chi connectivity index (χ1n) is 6.05. The van der Waals surface area contributed by atoms with Crippen LogP contribution in [0.4, 0.5) is 5.82 Å². The zero-order valence-electron chi connectivity index (χ0n) is 10.5. The highest BCUT2D eigenvalue weighted by Gasteiger charge is 2.15. The van der Waals surface area contributed by atoms with Crippen LogP contribution in [0.3, 0.4) is 0 Å². The Morgan fingerprint density at radius 2 is 2.47 bits per heavy atom. The number of halogens is 2. The van der Waals surface area contributed by atoms with E-state index in [9.17, 15) is 0 Å². The van der Waals surface area contributed by atoms with Crippen molar-refractivity contribution in [3.8, 4) is 0 Å². The van der Waals surface area contributed by atoms with Crippen LogP contribution in [0.25, 0.3) is 0 Å². The molecule has 1 saturated heterocycles. The molecular formula is C12H15BrClN3OS. The summed E-state index contributed by atoms with van der Waals surface area (Å²) in [5, 5.41) is 7.16. The van der Waals surface area contributed by atoms with Gasteiger partial charge in [0.25, 0.3) is 0 Å². The Labute approximate surface area is 131 Å². The fourth-order valence-electron chi connectivity index (χ4n) is 1.81. The van der Waals surface area contributed by atoms with Gasteiger partial charge in [-0.3, -0.25) is 0 Å². The first kappa shape index (κ1) is 15.0. The van der Waals surface area contributed by atoms with E-state index in [0.29, 0.717) is 22.5 Å². The summed E-state index contributed by atoms with van der Waals surface area (Å²) >= 11 is 14.7. The maximum atomic E-state index is 6.11. The lowest BCUT2D eigenvalue weighted by atomic mass is 10.2. The molecule has 0 aliphatic carbocycles. The third-order valence-corrected chi connectivity index (χ3v) is 4.19. The van der Waals surface area contributed by atoms with Crippen molar-refractivity contribution in [1.29, 1.82) is 0 Å². The number of rotatable bonds is 3. The normalized spacial score (nSPS) is 18.4. The van der Waals surface area contributed by atoms with Crippen molar-refractivity contribution >= 4 is 50.7 Å². The summed E-state index contributed by atoms with van der Waals surface area (Å²) in [6.07, 6.45) is 2.44. The molecule has 0 unspecified atom stereocenters. The topological polar surface area (TPSA) is 46.2 Å². The summed E-state index contributed by atoms with van der Waals surface area (Å²) in [4.78, 5) is 4.34. The van der Waals surface area contributed by atoms with Crippen molar-refractivity contribution in [1.82, 2.24) is 10.3 Å². The van der Waals surface area contributed by atoms with Crippen LogP contribution in [0.15, 0.2) is 10.5 Å². The van der Waals surface area contributed by atoms with Crippen molar-refractivity contribution < 1.29 is 4.74 Å². The number of pyridine rings is 1. The second kappa shape index (κ2) is 6.83. The van der Waals surface area contributed by atoms with Crippen LogP contribution in [0.2, 0.25) is 5.02 Å². The van der Waals surface area contributed by atoms with Gasteiger partial charge in [0.2, 0.25) is 0 Å². The van der Waals surface area contributed by atoms with E-state index in [0.717, 1.165) is 29.6 Å². The molecule has 0 spiro atoms. The van der Waals surface area contributed by atoms with E-state index in [2.05, 4.69) is 31.5 Å². The largest absolute Gasteiger partial charge is 0.376 e. The second-order valence-corrected chi connectivity index (χ2v) is 6.03. The maximum Gasteiger partial charge on any atom is 0.172 e. The summed E-state index contributed by atoms with van der Waals surface area (Å²) < 4.78 is 6.39. The SMILES string of the molecule is Cc1nc(NC(=S)NC[C@@H]2CCCO2)c(Cl)cc1Br. The summed E-state index contributed by atoms with van der Waals surface area (Å²) in [5.41, 5.74) is 0.855. The first-order chi connectivity index (χ1) is 9.06.